The molecular formula is C16H27F2NO4. The van der Waals surface area contributed by atoms with Crippen molar-refractivity contribution in [1.29, 1.82) is 0 Å². The van der Waals surface area contributed by atoms with E-state index in [1.54, 1.807) is 41.5 Å². The number of halogens is 2. The van der Waals surface area contributed by atoms with E-state index in [0.29, 0.717) is 0 Å². The van der Waals surface area contributed by atoms with Gasteiger partial charge in [-0.1, -0.05) is 0 Å². The molecule has 0 aromatic carbocycles. The van der Waals surface area contributed by atoms with Crippen LogP contribution in [0, 0.1) is 5.41 Å². The minimum atomic E-state index is -3.18. The molecule has 1 unspecified atom stereocenters. The third-order valence-corrected chi connectivity index (χ3v) is 3.15. The summed E-state index contributed by atoms with van der Waals surface area (Å²) in [7, 11) is 0. The summed E-state index contributed by atoms with van der Waals surface area (Å²) in [5, 5.41) is 0. The zero-order valence-electron chi connectivity index (χ0n) is 15.0. The van der Waals surface area contributed by atoms with Crippen LogP contribution in [0.15, 0.2) is 0 Å². The lowest BCUT2D eigenvalue weighted by Crippen LogP contribution is -2.57. The number of likely N-dealkylation sites (tertiary alicyclic amines) is 1. The van der Waals surface area contributed by atoms with Crippen LogP contribution in [0.4, 0.5) is 13.6 Å². The second-order valence-electron chi connectivity index (χ2n) is 8.43. The van der Waals surface area contributed by atoms with Gasteiger partial charge in [0.05, 0.1) is 12.0 Å². The standard InChI is InChI=1S/C16H27F2NO4/c1-13(2,3)22-11(20)15(7)8-16(17,18)10-19(9-15)12(21)23-14(4,5)6/h8-10H2,1-7H3. The summed E-state index contributed by atoms with van der Waals surface area (Å²) in [6, 6.07) is 0. The van der Waals surface area contributed by atoms with Gasteiger partial charge in [-0.3, -0.25) is 4.79 Å². The molecule has 1 heterocycles. The number of ether oxygens (including phenoxy) is 2. The van der Waals surface area contributed by atoms with Crippen molar-refractivity contribution in [2.75, 3.05) is 13.1 Å². The Balaban J connectivity index is 2.98. The number of hydrogen-bond donors (Lipinski definition) is 0. The molecule has 23 heavy (non-hydrogen) atoms. The second kappa shape index (κ2) is 5.91. The van der Waals surface area contributed by atoms with Gasteiger partial charge in [0.15, 0.2) is 0 Å². The minimum absolute atomic E-state index is 0.160. The maximum absolute atomic E-state index is 14.1. The van der Waals surface area contributed by atoms with Crippen molar-refractivity contribution in [3.8, 4) is 0 Å². The number of hydrogen-bond acceptors (Lipinski definition) is 4. The van der Waals surface area contributed by atoms with E-state index in [9.17, 15) is 18.4 Å². The van der Waals surface area contributed by atoms with Gasteiger partial charge in [-0.05, 0) is 48.5 Å². The number of carbonyl (C=O) groups excluding carboxylic acids is 2. The molecule has 1 atom stereocenters. The molecular weight excluding hydrogens is 308 g/mol. The van der Waals surface area contributed by atoms with Gasteiger partial charge in [-0.15, -0.1) is 0 Å². The van der Waals surface area contributed by atoms with Crippen LogP contribution in [0.5, 0.6) is 0 Å². The first-order chi connectivity index (χ1) is 10.0. The third kappa shape index (κ3) is 5.95. The maximum atomic E-state index is 14.1. The highest BCUT2D eigenvalue weighted by atomic mass is 19.3. The number of alkyl halides is 2. The molecule has 134 valence electrons. The molecule has 0 N–H and O–H groups in total. The average molecular weight is 335 g/mol. The number of carbonyl (C=O) groups is 2. The molecule has 0 aromatic heterocycles. The predicted molar refractivity (Wildman–Crippen MR) is 81.3 cm³/mol. The summed E-state index contributed by atoms with van der Waals surface area (Å²) in [5.74, 6) is -3.92. The molecule has 0 aliphatic carbocycles. The lowest BCUT2D eigenvalue weighted by Gasteiger charge is -2.43. The first-order valence-corrected chi connectivity index (χ1v) is 7.62. The quantitative estimate of drug-likeness (QED) is 0.687. The minimum Gasteiger partial charge on any atom is -0.459 e. The molecule has 1 aliphatic rings. The smallest absolute Gasteiger partial charge is 0.410 e. The number of esters is 1. The van der Waals surface area contributed by atoms with Gasteiger partial charge in [0.1, 0.15) is 11.2 Å². The lowest BCUT2D eigenvalue weighted by molar-refractivity contribution is -0.181. The molecule has 1 rings (SSSR count). The molecule has 0 aromatic rings. The van der Waals surface area contributed by atoms with Crippen LogP contribution in [-0.4, -0.2) is 47.2 Å². The topological polar surface area (TPSA) is 55.8 Å². The monoisotopic (exact) mass is 335 g/mol. The Kier molecular flexibility index (Phi) is 5.05. The fourth-order valence-electron chi connectivity index (χ4n) is 2.43. The van der Waals surface area contributed by atoms with Crippen LogP contribution >= 0.6 is 0 Å². The van der Waals surface area contributed by atoms with E-state index in [2.05, 4.69) is 0 Å². The molecule has 1 amide bonds. The third-order valence-electron chi connectivity index (χ3n) is 3.15. The second-order valence-corrected chi connectivity index (χ2v) is 8.43. The first kappa shape index (κ1) is 19.6. The average Bonchev–Trinajstić information content (AvgIpc) is 2.21. The van der Waals surface area contributed by atoms with Crippen LogP contribution < -0.4 is 0 Å². The molecule has 0 spiro atoms. The predicted octanol–water partition coefficient (Wildman–Crippen LogP) is 3.61. The van der Waals surface area contributed by atoms with Gasteiger partial charge in [0.2, 0.25) is 0 Å². The van der Waals surface area contributed by atoms with Gasteiger partial charge in [0, 0.05) is 13.0 Å². The zero-order chi connectivity index (χ0) is 18.3. The Hall–Kier alpha value is -1.40. The van der Waals surface area contributed by atoms with Crippen molar-refractivity contribution < 1.29 is 27.8 Å². The van der Waals surface area contributed by atoms with E-state index in [0.717, 1.165) is 4.90 Å². The number of amides is 1. The number of nitrogens with zero attached hydrogens (tertiary/aromatic N) is 1. The molecule has 0 saturated carbocycles. The van der Waals surface area contributed by atoms with Crippen molar-refractivity contribution in [3.63, 3.8) is 0 Å². The summed E-state index contributed by atoms with van der Waals surface area (Å²) in [6.45, 7) is 10.4. The highest BCUT2D eigenvalue weighted by Crippen LogP contribution is 2.40. The van der Waals surface area contributed by atoms with E-state index in [1.807, 2.05) is 0 Å². The molecule has 5 nitrogen and oxygen atoms in total. The van der Waals surface area contributed by atoms with Crippen molar-refractivity contribution in [2.24, 2.45) is 5.41 Å². The van der Waals surface area contributed by atoms with Crippen molar-refractivity contribution in [1.82, 2.24) is 4.90 Å². The molecule has 7 heteroatoms. The summed E-state index contributed by atoms with van der Waals surface area (Å²) in [5.41, 5.74) is -3.07. The highest BCUT2D eigenvalue weighted by Gasteiger charge is 2.53. The van der Waals surface area contributed by atoms with E-state index in [1.165, 1.54) is 6.92 Å². The Morgan fingerprint density at radius 1 is 0.957 bits per heavy atom. The van der Waals surface area contributed by atoms with Crippen molar-refractivity contribution >= 4 is 12.1 Å². The van der Waals surface area contributed by atoms with E-state index >= 15 is 0 Å². The zero-order valence-corrected chi connectivity index (χ0v) is 15.0. The Bertz CT molecular complexity index is 479. The highest BCUT2D eigenvalue weighted by molar-refractivity contribution is 5.79. The van der Waals surface area contributed by atoms with E-state index in [4.69, 9.17) is 9.47 Å². The van der Waals surface area contributed by atoms with Crippen LogP contribution in [-0.2, 0) is 14.3 Å². The van der Waals surface area contributed by atoms with Crippen LogP contribution in [0.25, 0.3) is 0 Å². The van der Waals surface area contributed by atoms with Crippen molar-refractivity contribution in [3.05, 3.63) is 0 Å². The van der Waals surface area contributed by atoms with Gasteiger partial charge in [-0.25, -0.2) is 13.6 Å². The first-order valence-electron chi connectivity index (χ1n) is 7.62. The summed E-state index contributed by atoms with van der Waals surface area (Å²) in [4.78, 5) is 25.3. The maximum Gasteiger partial charge on any atom is 0.410 e. The Labute approximate surface area is 136 Å². The van der Waals surface area contributed by atoms with E-state index < -0.39 is 47.6 Å². The fourth-order valence-corrected chi connectivity index (χ4v) is 2.43. The fraction of sp³-hybridized carbons (Fsp3) is 0.875. The summed E-state index contributed by atoms with van der Waals surface area (Å²) in [6.07, 6.45) is -1.51. The lowest BCUT2D eigenvalue weighted by atomic mass is 9.80. The normalized spacial score (nSPS) is 25.0. The summed E-state index contributed by atoms with van der Waals surface area (Å²) >= 11 is 0. The Morgan fingerprint density at radius 3 is 1.87 bits per heavy atom. The molecule has 0 radical (unpaired) electrons. The van der Waals surface area contributed by atoms with Gasteiger partial charge >= 0.3 is 12.1 Å². The number of rotatable bonds is 1. The van der Waals surface area contributed by atoms with Crippen LogP contribution in [0.3, 0.4) is 0 Å². The van der Waals surface area contributed by atoms with Gasteiger partial charge < -0.3 is 14.4 Å². The van der Waals surface area contributed by atoms with Crippen LogP contribution in [0.2, 0.25) is 0 Å². The van der Waals surface area contributed by atoms with E-state index in [-0.39, 0.29) is 6.54 Å². The van der Waals surface area contributed by atoms with Gasteiger partial charge in [0.25, 0.3) is 5.92 Å². The van der Waals surface area contributed by atoms with Crippen LogP contribution in [0.1, 0.15) is 54.9 Å². The SMILES string of the molecule is CC(C)(C)OC(=O)N1CC(F)(F)CC(C)(C(=O)OC(C)(C)C)C1. The van der Waals surface area contributed by atoms with Gasteiger partial charge in [-0.2, -0.15) is 0 Å². The largest absolute Gasteiger partial charge is 0.459 e. The summed E-state index contributed by atoms with van der Waals surface area (Å²) < 4.78 is 38.6. The molecule has 1 aliphatic heterocycles. The molecule has 0 bridgehead atoms. The molecule has 1 fully saturated rings. The van der Waals surface area contributed by atoms with Crippen molar-refractivity contribution in [2.45, 2.75) is 72.0 Å². The number of piperidine rings is 1. The Morgan fingerprint density at radius 2 is 1.43 bits per heavy atom. The molecule has 1 saturated heterocycles.